The number of anilines is 1. The van der Waals surface area contributed by atoms with Crippen molar-refractivity contribution in [2.75, 3.05) is 5.32 Å². The molecule has 0 bridgehead atoms. The number of rotatable bonds is 6. The zero-order valence-electron chi connectivity index (χ0n) is 11.4. The highest BCUT2D eigenvalue weighted by Gasteiger charge is 2.06. The molecule has 106 valence electrons. The van der Waals surface area contributed by atoms with Gasteiger partial charge in [-0.15, -0.1) is 0 Å². The number of aromatic nitrogens is 1. The molecule has 0 spiro atoms. The minimum atomic E-state index is -0.459. The van der Waals surface area contributed by atoms with Gasteiger partial charge in [-0.1, -0.05) is 18.5 Å². The molecule has 4 nitrogen and oxygen atoms in total. The molecular weight excluding hydrogens is 274 g/mol. The fraction of sp³-hybridized carbons (Fsp3) is 0.267. The molecule has 20 heavy (non-hydrogen) atoms. The molecule has 1 amide bonds. The van der Waals surface area contributed by atoms with Gasteiger partial charge in [0, 0.05) is 31.0 Å². The van der Waals surface area contributed by atoms with E-state index in [0.717, 1.165) is 13.0 Å². The molecule has 0 unspecified atom stereocenters. The number of carbonyl (C=O) groups is 1. The number of carbonyl (C=O) groups excluding carboxylic acids is 1. The molecule has 5 heteroatoms. The number of benzene rings is 1. The Bertz CT molecular complexity index is 607. The Morgan fingerprint density at radius 1 is 1.40 bits per heavy atom. The number of primary amides is 1. The molecule has 3 N–H and O–H groups in total. The van der Waals surface area contributed by atoms with Crippen LogP contribution in [-0.4, -0.2) is 10.5 Å². The molecule has 1 heterocycles. The summed E-state index contributed by atoms with van der Waals surface area (Å²) in [5.74, 6) is -0.459. The molecule has 0 atom stereocenters. The van der Waals surface area contributed by atoms with Crippen molar-refractivity contribution < 1.29 is 4.79 Å². The second-order valence-corrected chi connectivity index (χ2v) is 5.08. The summed E-state index contributed by atoms with van der Waals surface area (Å²) in [6, 6.07) is 7.03. The van der Waals surface area contributed by atoms with Gasteiger partial charge in [0.15, 0.2) is 0 Å². The standard InChI is InChI=1S/C15H18ClN3O/c1-2-6-19-7-5-11(10-19)9-18-14-8-12(15(17)20)3-4-13(14)16/h3-5,7-8,10,18H,2,6,9H2,1H3,(H2,17,20). The lowest BCUT2D eigenvalue weighted by Gasteiger charge is -2.08. The van der Waals surface area contributed by atoms with Gasteiger partial charge in [-0.2, -0.15) is 0 Å². The molecule has 2 rings (SSSR count). The molecular formula is C15H18ClN3O. The van der Waals surface area contributed by atoms with Crippen LogP contribution >= 0.6 is 11.6 Å². The summed E-state index contributed by atoms with van der Waals surface area (Å²) in [5, 5.41) is 3.80. The largest absolute Gasteiger partial charge is 0.380 e. The van der Waals surface area contributed by atoms with Gasteiger partial charge in [0.25, 0.3) is 0 Å². The van der Waals surface area contributed by atoms with Crippen LogP contribution in [0.3, 0.4) is 0 Å². The number of halogens is 1. The first-order chi connectivity index (χ1) is 9.60. The minimum absolute atomic E-state index is 0.445. The number of nitrogens with one attached hydrogen (secondary N) is 1. The summed E-state index contributed by atoms with van der Waals surface area (Å²) in [5.41, 5.74) is 7.59. The fourth-order valence-electron chi connectivity index (χ4n) is 2.00. The Hall–Kier alpha value is -1.94. The number of aryl methyl sites for hydroxylation is 1. The first-order valence-corrected chi connectivity index (χ1v) is 6.96. The second-order valence-electron chi connectivity index (χ2n) is 4.67. The molecule has 0 aliphatic rings. The van der Waals surface area contributed by atoms with Gasteiger partial charge in [0.1, 0.15) is 0 Å². The van der Waals surface area contributed by atoms with Gasteiger partial charge in [-0.05, 0) is 36.2 Å². The van der Waals surface area contributed by atoms with Gasteiger partial charge in [-0.25, -0.2) is 0 Å². The van der Waals surface area contributed by atoms with Crippen molar-refractivity contribution in [1.29, 1.82) is 0 Å². The van der Waals surface area contributed by atoms with E-state index in [4.69, 9.17) is 17.3 Å². The van der Waals surface area contributed by atoms with Crippen molar-refractivity contribution in [1.82, 2.24) is 4.57 Å². The van der Waals surface area contributed by atoms with Gasteiger partial charge >= 0.3 is 0 Å². The van der Waals surface area contributed by atoms with E-state index in [1.54, 1.807) is 18.2 Å². The number of nitrogens with zero attached hydrogens (tertiary/aromatic N) is 1. The SMILES string of the molecule is CCCn1ccc(CNc2cc(C(N)=O)ccc2Cl)c1. The molecule has 1 aromatic heterocycles. The topological polar surface area (TPSA) is 60.1 Å². The molecule has 1 aromatic carbocycles. The maximum Gasteiger partial charge on any atom is 0.248 e. The van der Waals surface area contributed by atoms with Crippen LogP contribution in [0, 0.1) is 0 Å². The van der Waals surface area contributed by atoms with Gasteiger partial charge in [0.2, 0.25) is 5.91 Å². The summed E-state index contributed by atoms with van der Waals surface area (Å²) in [7, 11) is 0. The molecule has 0 aliphatic heterocycles. The Kier molecular flexibility index (Phi) is 4.69. The average molecular weight is 292 g/mol. The summed E-state index contributed by atoms with van der Waals surface area (Å²) in [6.45, 7) is 3.81. The van der Waals surface area contributed by atoms with Gasteiger partial charge < -0.3 is 15.6 Å². The van der Waals surface area contributed by atoms with E-state index in [1.165, 1.54) is 5.56 Å². The van der Waals surface area contributed by atoms with Gasteiger partial charge in [0.05, 0.1) is 10.7 Å². The average Bonchev–Trinajstić information content (AvgIpc) is 2.86. The number of hydrogen-bond donors (Lipinski definition) is 2. The Balaban J connectivity index is 2.05. The monoisotopic (exact) mass is 291 g/mol. The summed E-state index contributed by atoms with van der Waals surface area (Å²) >= 11 is 6.10. The second kappa shape index (κ2) is 6.48. The Morgan fingerprint density at radius 2 is 2.20 bits per heavy atom. The van der Waals surface area contributed by atoms with E-state index in [2.05, 4.69) is 35.3 Å². The van der Waals surface area contributed by atoms with Gasteiger partial charge in [-0.3, -0.25) is 4.79 Å². The zero-order chi connectivity index (χ0) is 14.5. The van der Waals surface area contributed by atoms with E-state index in [-0.39, 0.29) is 0 Å². The minimum Gasteiger partial charge on any atom is -0.380 e. The lowest BCUT2D eigenvalue weighted by molar-refractivity contribution is 0.100. The number of amides is 1. The van der Waals surface area contributed by atoms with Crippen LogP contribution in [0.15, 0.2) is 36.7 Å². The Morgan fingerprint density at radius 3 is 2.90 bits per heavy atom. The van der Waals surface area contributed by atoms with E-state index >= 15 is 0 Å². The van der Waals surface area contributed by atoms with E-state index in [9.17, 15) is 4.79 Å². The summed E-state index contributed by atoms with van der Waals surface area (Å²) in [4.78, 5) is 11.2. The maximum atomic E-state index is 11.2. The van der Waals surface area contributed by atoms with Crippen LogP contribution in [0.5, 0.6) is 0 Å². The van der Waals surface area contributed by atoms with E-state index in [1.807, 2.05) is 0 Å². The first kappa shape index (κ1) is 14.5. The van der Waals surface area contributed by atoms with Crippen molar-refractivity contribution in [2.45, 2.75) is 26.4 Å². The van der Waals surface area contributed by atoms with Crippen LogP contribution in [0.25, 0.3) is 0 Å². The predicted molar refractivity (Wildman–Crippen MR) is 82.0 cm³/mol. The highest BCUT2D eigenvalue weighted by molar-refractivity contribution is 6.33. The maximum absolute atomic E-state index is 11.2. The molecule has 2 aromatic rings. The lowest BCUT2D eigenvalue weighted by Crippen LogP contribution is -2.11. The highest BCUT2D eigenvalue weighted by atomic mass is 35.5. The fourth-order valence-corrected chi connectivity index (χ4v) is 2.19. The van der Waals surface area contributed by atoms with E-state index in [0.29, 0.717) is 22.8 Å². The highest BCUT2D eigenvalue weighted by Crippen LogP contribution is 2.23. The van der Waals surface area contributed by atoms with Crippen molar-refractivity contribution in [2.24, 2.45) is 5.73 Å². The molecule has 0 aliphatic carbocycles. The number of hydrogen-bond acceptors (Lipinski definition) is 2. The number of nitrogens with two attached hydrogens (primary N) is 1. The van der Waals surface area contributed by atoms with Crippen molar-refractivity contribution in [3.63, 3.8) is 0 Å². The molecule has 0 saturated heterocycles. The van der Waals surface area contributed by atoms with Crippen LogP contribution in [0.2, 0.25) is 5.02 Å². The van der Waals surface area contributed by atoms with Crippen LogP contribution in [0.4, 0.5) is 5.69 Å². The first-order valence-electron chi connectivity index (χ1n) is 6.58. The van der Waals surface area contributed by atoms with Crippen LogP contribution in [-0.2, 0) is 13.1 Å². The Labute approximate surface area is 123 Å². The predicted octanol–water partition coefficient (Wildman–Crippen LogP) is 3.26. The quantitative estimate of drug-likeness (QED) is 0.858. The third-order valence-electron chi connectivity index (χ3n) is 3.03. The van der Waals surface area contributed by atoms with Crippen molar-refractivity contribution in [3.8, 4) is 0 Å². The third kappa shape index (κ3) is 3.54. The zero-order valence-corrected chi connectivity index (χ0v) is 12.2. The smallest absolute Gasteiger partial charge is 0.248 e. The molecule has 0 fully saturated rings. The lowest BCUT2D eigenvalue weighted by atomic mass is 10.2. The molecule has 0 saturated carbocycles. The van der Waals surface area contributed by atoms with Crippen molar-refractivity contribution in [3.05, 3.63) is 52.8 Å². The van der Waals surface area contributed by atoms with E-state index < -0.39 is 5.91 Å². The normalized spacial score (nSPS) is 10.5. The summed E-state index contributed by atoms with van der Waals surface area (Å²) < 4.78 is 2.15. The van der Waals surface area contributed by atoms with Crippen molar-refractivity contribution >= 4 is 23.2 Å². The van der Waals surface area contributed by atoms with Crippen LogP contribution < -0.4 is 11.1 Å². The molecule has 0 radical (unpaired) electrons. The van der Waals surface area contributed by atoms with Crippen LogP contribution in [0.1, 0.15) is 29.3 Å². The third-order valence-corrected chi connectivity index (χ3v) is 3.36. The summed E-state index contributed by atoms with van der Waals surface area (Å²) in [6.07, 6.45) is 5.26.